The third kappa shape index (κ3) is 8.38. The van der Waals surface area contributed by atoms with E-state index in [0.717, 1.165) is 6.26 Å². The fourth-order valence-electron chi connectivity index (χ4n) is 0.908. The van der Waals surface area contributed by atoms with Crippen molar-refractivity contribution >= 4 is 15.7 Å². The Morgan fingerprint density at radius 1 is 1.40 bits per heavy atom. The molecule has 0 spiro atoms. The molecule has 0 aliphatic rings. The van der Waals surface area contributed by atoms with Gasteiger partial charge in [0, 0.05) is 12.8 Å². The smallest absolute Gasteiger partial charge is 0.236 e. The Hall–Kier alpha value is -0.620. The molecule has 0 radical (unpaired) electrons. The van der Waals surface area contributed by atoms with E-state index in [4.69, 9.17) is 5.73 Å². The second-order valence-corrected chi connectivity index (χ2v) is 6.42. The van der Waals surface area contributed by atoms with Crippen LogP contribution in [0.25, 0.3) is 0 Å². The average Bonchev–Trinajstić information content (AvgIpc) is 2.08. The van der Waals surface area contributed by atoms with Crippen molar-refractivity contribution in [3.8, 4) is 0 Å². The van der Waals surface area contributed by atoms with Crippen molar-refractivity contribution in [2.45, 2.75) is 26.3 Å². The zero-order valence-electron chi connectivity index (χ0n) is 9.49. The maximum atomic E-state index is 11.3. The van der Waals surface area contributed by atoms with Crippen LogP contribution in [0.4, 0.5) is 0 Å². The molecule has 0 aliphatic carbocycles. The van der Waals surface area contributed by atoms with Gasteiger partial charge in [0.25, 0.3) is 0 Å². The van der Waals surface area contributed by atoms with Gasteiger partial charge >= 0.3 is 0 Å². The van der Waals surface area contributed by atoms with Crippen molar-refractivity contribution in [3.05, 3.63) is 0 Å². The molecule has 5 nitrogen and oxygen atoms in total. The highest BCUT2D eigenvalue weighted by Crippen LogP contribution is 1.95. The van der Waals surface area contributed by atoms with Crippen molar-refractivity contribution in [2.75, 3.05) is 18.6 Å². The van der Waals surface area contributed by atoms with E-state index in [1.807, 2.05) is 13.8 Å². The summed E-state index contributed by atoms with van der Waals surface area (Å²) in [5.74, 6) is 0.0203. The average molecular weight is 236 g/mol. The van der Waals surface area contributed by atoms with Gasteiger partial charge in [0.2, 0.25) is 5.91 Å². The van der Waals surface area contributed by atoms with Gasteiger partial charge in [-0.05, 0) is 12.3 Å². The van der Waals surface area contributed by atoms with Gasteiger partial charge in [0.05, 0.1) is 11.8 Å². The number of hydrogen-bond donors (Lipinski definition) is 2. The molecule has 1 atom stereocenters. The summed E-state index contributed by atoms with van der Waals surface area (Å²) in [6.45, 7) is 4.51. The largest absolute Gasteiger partial charge is 0.354 e. The monoisotopic (exact) mass is 236 g/mol. The topological polar surface area (TPSA) is 89.3 Å². The Labute approximate surface area is 91.3 Å². The maximum absolute atomic E-state index is 11.3. The number of amides is 1. The van der Waals surface area contributed by atoms with Crippen molar-refractivity contribution in [3.63, 3.8) is 0 Å². The third-order valence-electron chi connectivity index (χ3n) is 1.82. The predicted molar refractivity (Wildman–Crippen MR) is 60.2 cm³/mol. The Morgan fingerprint density at radius 2 is 1.93 bits per heavy atom. The second-order valence-electron chi connectivity index (χ2n) is 4.16. The summed E-state index contributed by atoms with van der Waals surface area (Å²) in [6, 6.07) is -0.738. The summed E-state index contributed by atoms with van der Waals surface area (Å²) in [6.07, 6.45) is 1.30. The van der Waals surface area contributed by atoms with E-state index < -0.39 is 15.9 Å². The van der Waals surface area contributed by atoms with Gasteiger partial charge in [0.15, 0.2) is 0 Å². The van der Waals surface area contributed by atoms with E-state index >= 15 is 0 Å². The van der Waals surface area contributed by atoms with E-state index in [1.54, 1.807) is 0 Å². The normalized spacial score (nSPS) is 13.9. The van der Waals surface area contributed by atoms with Crippen LogP contribution in [0, 0.1) is 5.92 Å². The first kappa shape index (κ1) is 14.4. The van der Waals surface area contributed by atoms with E-state index in [0.29, 0.717) is 12.5 Å². The van der Waals surface area contributed by atoms with Gasteiger partial charge in [-0.25, -0.2) is 8.42 Å². The highest BCUT2D eigenvalue weighted by molar-refractivity contribution is 7.90. The van der Waals surface area contributed by atoms with Crippen LogP contribution >= 0.6 is 0 Å². The Balaban J connectivity index is 3.90. The molecule has 3 N–H and O–H groups in total. The first-order valence-corrected chi connectivity index (χ1v) is 6.99. The van der Waals surface area contributed by atoms with E-state index in [1.165, 1.54) is 0 Å². The predicted octanol–water partition coefficient (Wildman–Crippen LogP) is -0.479. The van der Waals surface area contributed by atoms with Crippen LogP contribution in [0.5, 0.6) is 0 Å². The summed E-state index contributed by atoms with van der Waals surface area (Å²) in [4.78, 5) is 11.3. The summed E-state index contributed by atoms with van der Waals surface area (Å²) in [7, 11) is -3.04. The van der Waals surface area contributed by atoms with Crippen LogP contribution in [0.1, 0.15) is 20.3 Å². The van der Waals surface area contributed by atoms with Crippen LogP contribution in [0.3, 0.4) is 0 Å². The number of nitrogens with one attached hydrogen (secondary N) is 1. The molecular weight excluding hydrogens is 216 g/mol. The number of carbonyl (C=O) groups excluding carboxylic acids is 1. The van der Waals surface area contributed by atoms with Crippen LogP contribution in [0.15, 0.2) is 0 Å². The minimum Gasteiger partial charge on any atom is -0.354 e. The van der Waals surface area contributed by atoms with Crippen molar-refractivity contribution < 1.29 is 13.2 Å². The van der Waals surface area contributed by atoms with Crippen LogP contribution in [-0.2, 0) is 14.6 Å². The number of nitrogens with two attached hydrogens (primary N) is 1. The molecule has 0 heterocycles. The summed E-state index contributed by atoms with van der Waals surface area (Å²) in [5, 5.41) is 2.66. The molecule has 0 aromatic rings. The molecule has 6 heteroatoms. The molecule has 0 aromatic carbocycles. The summed E-state index contributed by atoms with van der Waals surface area (Å²) in [5.41, 5.74) is 5.53. The summed E-state index contributed by atoms with van der Waals surface area (Å²) >= 11 is 0. The Kier molecular flexibility index (Phi) is 5.82. The van der Waals surface area contributed by atoms with Crippen LogP contribution in [0.2, 0.25) is 0 Å². The van der Waals surface area contributed by atoms with Crippen LogP contribution in [-0.4, -0.2) is 38.9 Å². The fourth-order valence-corrected chi connectivity index (χ4v) is 1.59. The number of carbonyl (C=O) groups is 1. The first-order chi connectivity index (χ1) is 6.72. The van der Waals surface area contributed by atoms with Gasteiger partial charge in [-0.15, -0.1) is 0 Å². The molecule has 0 bridgehead atoms. The summed E-state index contributed by atoms with van der Waals surface area (Å²) < 4.78 is 21.7. The molecule has 0 aliphatic heterocycles. The molecule has 0 unspecified atom stereocenters. The fraction of sp³-hybridized carbons (Fsp3) is 0.889. The second kappa shape index (κ2) is 6.07. The van der Waals surface area contributed by atoms with Gasteiger partial charge in [0.1, 0.15) is 9.84 Å². The molecule has 0 rings (SSSR count). The Morgan fingerprint density at radius 3 is 2.33 bits per heavy atom. The molecule has 15 heavy (non-hydrogen) atoms. The van der Waals surface area contributed by atoms with Gasteiger partial charge in [-0.1, -0.05) is 13.8 Å². The zero-order chi connectivity index (χ0) is 12.1. The molecule has 90 valence electrons. The standard InChI is InChI=1S/C9H20N2O3S/c1-7(2)6-11-9(12)8(10)4-5-15(3,13)14/h7-8H,4-6,10H2,1-3H3,(H,11,12)/t8-/m0/s1. The highest BCUT2D eigenvalue weighted by atomic mass is 32.2. The van der Waals surface area contributed by atoms with Gasteiger partial charge < -0.3 is 11.1 Å². The minimum absolute atomic E-state index is 0.0523. The first-order valence-electron chi connectivity index (χ1n) is 4.93. The van der Waals surface area contributed by atoms with Gasteiger partial charge in [-0.2, -0.15) is 0 Å². The number of hydrogen-bond acceptors (Lipinski definition) is 4. The van der Waals surface area contributed by atoms with E-state index in [-0.39, 0.29) is 18.1 Å². The maximum Gasteiger partial charge on any atom is 0.236 e. The third-order valence-corrected chi connectivity index (χ3v) is 2.80. The van der Waals surface area contributed by atoms with E-state index in [9.17, 15) is 13.2 Å². The lowest BCUT2D eigenvalue weighted by atomic mass is 10.2. The highest BCUT2D eigenvalue weighted by Gasteiger charge is 2.15. The lowest BCUT2D eigenvalue weighted by molar-refractivity contribution is -0.122. The minimum atomic E-state index is -3.04. The zero-order valence-corrected chi connectivity index (χ0v) is 10.3. The lowest BCUT2D eigenvalue weighted by Crippen LogP contribution is -2.42. The van der Waals surface area contributed by atoms with Crippen molar-refractivity contribution in [1.82, 2.24) is 5.32 Å². The quantitative estimate of drug-likeness (QED) is 0.652. The number of rotatable bonds is 6. The molecular formula is C9H20N2O3S. The molecule has 0 saturated heterocycles. The molecule has 0 fully saturated rings. The van der Waals surface area contributed by atoms with Crippen molar-refractivity contribution in [1.29, 1.82) is 0 Å². The SMILES string of the molecule is CC(C)CNC(=O)[C@@H](N)CCS(C)(=O)=O. The molecule has 0 saturated carbocycles. The van der Waals surface area contributed by atoms with Gasteiger partial charge in [-0.3, -0.25) is 4.79 Å². The number of sulfone groups is 1. The van der Waals surface area contributed by atoms with Crippen LogP contribution < -0.4 is 11.1 Å². The van der Waals surface area contributed by atoms with E-state index in [2.05, 4.69) is 5.32 Å². The van der Waals surface area contributed by atoms with Crippen molar-refractivity contribution in [2.24, 2.45) is 11.7 Å². The molecule has 1 amide bonds. The lowest BCUT2D eigenvalue weighted by Gasteiger charge is -2.12. The molecule has 0 aromatic heterocycles. The Bertz CT molecular complexity index is 298.